The highest BCUT2D eigenvalue weighted by atomic mass is 35.5. The maximum absolute atomic E-state index is 12.5. The summed E-state index contributed by atoms with van der Waals surface area (Å²) in [5, 5.41) is 15.2. The molecule has 1 aromatic heterocycles. The van der Waals surface area contributed by atoms with Crippen LogP contribution in [0.3, 0.4) is 0 Å². The second-order valence-electron chi connectivity index (χ2n) is 7.42. The van der Waals surface area contributed by atoms with Gasteiger partial charge in [0.1, 0.15) is 17.4 Å². The predicted molar refractivity (Wildman–Crippen MR) is 132 cm³/mol. The van der Waals surface area contributed by atoms with Gasteiger partial charge in [0.25, 0.3) is 16.8 Å². The van der Waals surface area contributed by atoms with Gasteiger partial charge in [-0.1, -0.05) is 41.4 Å². The van der Waals surface area contributed by atoms with Gasteiger partial charge in [-0.3, -0.25) is 19.4 Å². The zero-order valence-electron chi connectivity index (χ0n) is 18.0. The number of aromatic nitrogens is 1. The number of aliphatic carboxylic acids is 1. The lowest BCUT2D eigenvalue weighted by atomic mass is 10.0. The summed E-state index contributed by atoms with van der Waals surface area (Å²) >= 11 is 12.0. The van der Waals surface area contributed by atoms with Crippen molar-refractivity contribution < 1.29 is 14.7 Å². The number of carboxylic acids is 1. The number of halogens is 2. The van der Waals surface area contributed by atoms with Crippen molar-refractivity contribution in [1.29, 1.82) is 0 Å². The second kappa shape index (κ2) is 10.5. The second-order valence-corrected chi connectivity index (χ2v) is 8.23. The first-order chi connectivity index (χ1) is 16.1. The van der Waals surface area contributed by atoms with Crippen LogP contribution in [0, 0.1) is 0 Å². The summed E-state index contributed by atoms with van der Waals surface area (Å²) in [6, 6.07) is 5.30. The number of nitrogens with one attached hydrogen (secondary N) is 2. The molecule has 2 aromatic carbocycles. The summed E-state index contributed by atoms with van der Waals surface area (Å²) in [5.74, 6) is -1.71. The Kier molecular flexibility index (Phi) is 7.70. The van der Waals surface area contributed by atoms with Crippen LogP contribution in [0.5, 0.6) is 0 Å². The quantitative estimate of drug-likeness (QED) is 0.285. The molecule has 0 aliphatic rings. The van der Waals surface area contributed by atoms with Crippen molar-refractivity contribution in [2.24, 2.45) is 0 Å². The SMILES string of the molecule is C=CCN(C)c1c(N[C@@H](Cc2ccc(NC(=O)c3c(Cl)cncc3Cl)cc2)C(=O)O)c(=O)c1=O. The number of carbonyl (C=O) groups is 2. The van der Waals surface area contributed by atoms with E-state index < -0.39 is 28.8 Å². The average molecular weight is 503 g/mol. The monoisotopic (exact) mass is 502 g/mol. The largest absolute Gasteiger partial charge is 0.480 e. The molecule has 3 rings (SSSR count). The molecule has 1 amide bonds. The minimum absolute atomic E-state index is 0.0228. The first kappa shape index (κ1) is 24.9. The number of pyridine rings is 1. The van der Waals surface area contributed by atoms with Crippen LogP contribution >= 0.6 is 23.2 Å². The van der Waals surface area contributed by atoms with Crippen molar-refractivity contribution in [3.05, 3.63) is 90.9 Å². The molecule has 0 saturated heterocycles. The van der Waals surface area contributed by atoms with Crippen molar-refractivity contribution in [3.8, 4) is 0 Å². The van der Waals surface area contributed by atoms with Crippen LogP contribution in [0.25, 0.3) is 0 Å². The molecule has 0 saturated carbocycles. The number of nitrogens with zero attached hydrogens (tertiary/aromatic N) is 2. The van der Waals surface area contributed by atoms with E-state index in [1.807, 2.05) is 0 Å². The van der Waals surface area contributed by atoms with E-state index in [0.717, 1.165) is 0 Å². The summed E-state index contributed by atoms with van der Waals surface area (Å²) in [4.78, 5) is 53.6. The number of rotatable bonds is 10. The van der Waals surface area contributed by atoms with E-state index in [9.17, 15) is 24.3 Å². The molecule has 3 N–H and O–H groups in total. The topological polar surface area (TPSA) is 129 Å². The summed E-state index contributed by atoms with van der Waals surface area (Å²) in [6.45, 7) is 3.91. The first-order valence-electron chi connectivity index (χ1n) is 9.98. The molecule has 176 valence electrons. The van der Waals surface area contributed by atoms with E-state index in [1.165, 1.54) is 17.3 Å². The summed E-state index contributed by atoms with van der Waals surface area (Å²) in [6.07, 6.45) is 4.20. The highest BCUT2D eigenvalue weighted by molar-refractivity contribution is 6.40. The Morgan fingerprint density at radius 1 is 1.15 bits per heavy atom. The van der Waals surface area contributed by atoms with E-state index in [2.05, 4.69) is 22.2 Å². The van der Waals surface area contributed by atoms with Gasteiger partial charge >= 0.3 is 5.97 Å². The Balaban J connectivity index is 1.72. The summed E-state index contributed by atoms with van der Waals surface area (Å²) in [5.41, 5.74) is -0.192. The number of benzene rings is 1. The lowest BCUT2D eigenvalue weighted by Gasteiger charge is -2.24. The third-order valence-electron chi connectivity index (χ3n) is 5.02. The van der Waals surface area contributed by atoms with Crippen molar-refractivity contribution in [2.45, 2.75) is 12.5 Å². The number of amides is 1. The molecule has 0 fully saturated rings. The van der Waals surface area contributed by atoms with Crippen LogP contribution in [-0.4, -0.2) is 41.6 Å². The van der Waals surface area contributed by atoms with Gasteiger partial charge in [-0.25, -0.2) is 4.79 Å². The van der Waals surface area contributed by atoms with E-state index in [1.54, 1.807) is 37.4 Å². The zero-order valence-corrected chi connectivity index (χ0v) is 19.5. The van der Waals surface area contributed by atoms with Gasteiger partial charge in [0, 0.05) is 38.1 Å². The summed E-state index contributed by atoms with van der Waals surface area (Å²) in [7, 11) is 1.61. The Morgan fingerprint density at radius 2 is 1.76 bits per heavy atom. The highest BCUT2D eigenvalue weighted by Gasteiger charge is 2.28. The third kappa shape index (κ3) is 5.27. The minimum Gasteiger partial charge on any atom is -0.480 e. The Morgan fingerprint density at radius 3 is 2.32 bits per heavy atom. The van der Waals surface area contributed by atoms with Gasteiger partial charge in [0.05, 0.1) is 15.6 Å². The number of hydrogen-bond donors (Lipinski definition) is 3. The summed E-state index contributed by atoms with van der Waals surface area (Å²) < 4.78 is 0. The third-order valence-corrected chi connectivity index (χ3v) is 5.59. The molecule has 0 aliphatic heterocycles. The maximum atomic E-state index is 12.5. The number of likely N-dealkylation sites (N-methyl/N-ethyl adjacent to an activating group) is 1. The van der Waals surface area contributed by atoms with E-state index >= 15 is 0 Å². The highest BCUT2D eigenvalue weighted by Crippen LogP contribution is 2.25. The molecule has 0 bridgehead atoms. The fourth-order valence-electron chi connectivity index (χ4n) is 3.32. The van der Waals surface area contributed by atoms with Crippen molar-refractivity contribution in [1.82, 2.24) is 4.98 Å². The lowest BCUT2D eigenvalue weighted by Crippen LogP contribution is -2.44. The van der Waals surface area contributed by atoms with E-state index in [4.69, 9.17) is 23.2 Å². The van der Waals surface area contributed by atoms with Gasteiger partial charge in [-0.05, 0) is 17.7 Å². The van der Waals surface area contributed by atoms with Gasteiger partial charge in [0.2, 0.25) is 0 Å². The normalized spacial score (nSPS) is 11.6. The lowest BCUT2D eigenvalue weighted by molar-refractivity contribution is -0.137. The van der Waals surface area contributed by atoms with Crippen LogP contribution in [0.4, 0.5) is 17.1 Å². The molecule has 3 aromatic rings. The van der Waals surface area contributed by atoms with Crippen LogP contribution in [0.2, 0.25) is 10.0 Å². The molecule has 0 radical (unpaired) electrons. The average Bonchev–Trinajstić information content (AvgIpc) is 2.78. The van der Waals surface area contributed by atoms with Gasteiger partial charge in [-0.2, -0.15) is 0 Å². The van der Waals surface area contributed by atoms with Gasteiger partial charge in [0.15, 0.2) is 0 Å². The van der Waals surface area contributed by atoms with Crippen LogP contribution < -0.4 is 26.4 Å². The van der Waals surface area contributed by atoms with E-state index in [-0.39, 0.29) is 33.4 Å². The number of carbonyl (C=O) groups excluding carboxylic acids is 1. The molecule has 0 aliphatic carbocycles. The first-order valence-corrected chi connectivity index (χ1v) is 10.7. The molecule has 34 heavy (non-hydrogen) atoms. The zero-order chi connectivity index (χ0) is 25.0. The molecule has 0 unspecified atom stereocenters. The number of anilines is 3. The molecular formula is C23H20Cl2N4O5. The van der Waals surface area contributed by atoms with Crippen LogP contribution in [-0.2, 0) is 11.2 Å². The number of carboxylic acid groups (broad SMARTS) is 1. The van der Waals surface area contributed by atoms with Crippen molar-refractivity contribution >= 4 is 52.1 Å². The Labute approximate surface area is 204 Å². The van der Waals surface area contributed by atoms with Crippen LogP contribution in [0.1, 0.15) is 15.9 Å². The standard InChI is InChI=1S/C23H20Cl2N4O5/c1-3-8-29(2)19-18(20(30)21(19)31)28-16(23(33)34)9-12-4-6-13(7-5-12)27-22(32)17-14(24)10-26-11-15(17)25/h3-7,10-11,16,28H,1,8-9H2,2H3,(H,27,32)(H,33,34)/t16-/m0/s1. The predicted octanol–water partition coefficient (Wildman–Crippen LogP) is 2.97. The van der Waals surface area contributed by atoms with Gasteiger partial charge < -0.3 is 20.6 Å². The fourth-order valence-corrected chi connectivity index (χ4v) is 3.85. The Hall–Kier alpha value is -3.69. The molecule has 1 atom stereocenters. The molecule has 0 spiro atoms. The number of hydrogen-bond acceptors (Lipinski definition) is 7. The van der Waals surface area contributed by atoms with Crippen LogP contribution in [0.15, 0.2) is 58.9 Å². The fraction of sp³-hybridized carbons (Fsp3) is 0.174. The van der Waals surface area contributed by atoms with Crippen molar-refractivity contribution in [2.75, 3.05) is 29.1 Å². The molecule has 1 heterocycles. The maximum Gasteiger partial charge on any atom is 0.326 e. The van der Waals surface area contributed by atoms with Gasteiger partial charge in [-0.15, -0.1) is 6.58 Å². The molecule has 9 nitrogen and oxygen atoms in total. The van der Waals surface area contributed by atoms with E-state index in [0.29, 0.717) is 17.8 Å². The van der Waals surface area contributed by atoms with Crippen molar-refractivity contribution in [3.63, 3.8) is 0 Å². The Bertz CT molecular complexity index is 1300. The smallest absolute Gasteiger partial charge is 0.326 e. The molecule has 11 heteroatoms. The molecular weight excluding hydrogens is 483 g/mol. The minimum atomic E-state index is -1.19.